The first kappa shape index (κ1) is 4.18. The van der Waals surface area contributed by atoms with Gasteiger partial charge in [0.1, 0.15) is 0 Å². The zero-order valence-corrected chi connectivity index (χ0v) is 2.73. The highest BCUT2D eigenvalue weighted by Gasteiger charge is 1.60. The van der Waals surface area contributed by atoms with Crippen LogP contribution in [0.1, 0.15) is 0 Å². The lowest BCUT2D eigenvalue weighted by atomic mass is 9.83. The summed E-state index contributed by atoms with van der Waals surface area (Å²) in [6, 6.07) is 0. The van der Waals surface area contributed by atoms with Crippen molar-refractivity contribution in [2.24, 2.45) is 0 Å². The minimum absolute atomic E-state index is 1.31. The van der Waals surface area contributed by atoms with Crippen LogP contribution in [0.3, 0.4) is 0 Å². The molecule has 0 rings (SSSR count). The molecule has 0 aliphatic heterocycles. The van der Waals surface area contributed by atoms with Crippen molar-refractivity contribution in [3.8, 4) is 24.5 Å². The molecule has 0 heterocycles. The van der Waals surface area contributed by atoms with Gasteiger partial charge in [-0.3, -0.25) is 0 Å². The van der Waals surface area contributed by atoms with Crippen LogP contribution in [-0.2, 0) is 0 Å². The lowest BCUT2D eigenvalue weighted by Crippen LogP contribution is -1.70. The van der Waals surface area contributed by atoms with Crippen molar-refractivity contribution in [2.75, 3.05) is 0 Å². The average Bonchev–Trinajstić information content (AvgIpc) is 1.41. The normalized spacial score (nSPS) is 3.60. The summed E-state index contributed by atoms with van der Waals surface area (Å²) in [5.74, 6) is 4.31. The van der Waals surface area contributed by atoms with E-state index in [9.17, 15) is 0 Å². The van der Waals surface area contributed by atoms with Crippen LogP contribution in [0.4, 0.5) is 0 Å². The highest BCUT2D eigenvalue weighted by atomic mass is 13.2. The molecule has 0 amide bonds. The van der Waals surface area contributed by atoms with Crippen LogP contribution < -0.4 is 0 Å². The van der Waals surface area contributed by atoms with Crippen LogP contribution in [0, 0.1) is 24.5 Å². The van der Waals surface area contributed by atoms with E-state index in [0.29, 0.717) is 0 Å². The van der Waals surface area contributed by atoms with E-state index in [1.807, 2.05) is 0 Å². The van der Waals surface area contributed by atoms with E-state index in [4.69, 9.17) is 12.8 Å². The largest absolute Gasteiger partial charge is 0.313 e. The monoisotopic (exact) mass is 61.0 g/mol. The van der Waals surface area contributed by atoms with Crippen molar-refractivity contribution in [1.82, 2.24) is 0 Å². The second kappa shape index (κ2) is 3.18. The van der Waals surface area contributed by atoms with Gasteiger partial charge in [-0.25, -0.2) is 0 Å². The molecule has 0 unspecified atom stereocenters. The van der Waals surface area contributed by atoms with Crippen molar-refractivity contribution >= 4 is 7.28 Å². The van der Waals surface area contributed by atoms with Gasteiger partial charge >= 0.3 is 7.28 Å². The van der Waals surface area contributed by atoms with Crippen molar-refractivity contribution < 1.29 is 0 Å². The van der Waals surface area contributed by atoms with E-state index in [2.05, 4.69) is 11.6 Å². The van der Waals surface area contributed by atoms with Crippen molar-refractivity contribution in [3.05, 3.63) is 0 Å². The third-order valence-electron chi connectivity index (χ3n) is 0.167. The van der Waals surface area contributed by atoms with Gasteiger partial charge in [-0.05, 0) is 0 Å². The van der Waals surface area contributed by atoms with E-state index >= 15 is 0 Å². The first-order valence-corrected chi connectivity index (χ1v) is 1.15. The topological polar surface area (TPSA) is 0 Å². The van der Waals surface area contributed by atoms with Gasteiger partial charge in [-0.2, -0.15) is 0 Å². The van der Waals surface area contributed by atoms with Crippen LogP contribution in [0.2, 0.25) is 0 Å². The first-order chi connectivity index (χ1) is 2.41. The molecule has 0 aromatic heterocycles. The Morgan fingerprint density at radius 2 is 1.60 bits per heavy atom. The first-order valence-electron chi connectivity index (χ1n) is 1.15. The van der Waals surface area contributed by atoms with Crippen LogP contribution in [0.25, 0.3) is 0 Å². The summed E-state index contributed by atoms with van der Waals surface area (Å²) in [5, 5.41) is 0. The zero-order valence-electron chi connectivity index (χ0n) is 2.73. The third kappa shape index (κ3) is 3.18. The van der Waals surface area contributed by atoms with E-state index in [0.717, 1.165) is 0 Å². The summed E-state index contributed by atoms with van der Waals surface area (Å²) in [7, 11) is 1.31. The number of hydrogen-bond donors (Lipinski definition) is 0. The molecule has 1 heteroatoms. The highest BCUT2D eigenvalue weighted by molar-refractivity contribution is 6.54. The summed E-state index contributed by atoms with van der Waals surface area (Å²) in [6.07, 6.45) is 9.38. The highest BCUT2D eigenvalue weighted by Crippen LogP contribution is 1.38. The summed E-state index contributed by atoms with van der Waals surface area (Å²) in [4.78, 5) is 0. The molecule has 0 aliphatic carbocycles. The molecule has 0 aliphatic rings. The second-order valence-corrected chi connectivity index (χ2v) is 0.478. The van der Waals surface area contributed by atoms with E-state index in [1.165, 1.54) is 7.28 Å². The van der Waals surface area contributed by atoms with Gasteiger partial charge in [0, 0.05) is 0 Å². The molecule has 0 N–H and O–H groups in total. The maximum atomic E-state index is 4.69. The minimum Gasteiger partial charge on any atom is -0.147 e. The van der Waals surface area contributed by atoms with Crippen molar-refractivity contribution in [3.63, 3.8) is 0 Å². The smallest absolute Gasteiger partial charge is 0.147 e. The molecule has 0 nitrogen and oxygen atoms in total. The Bertz CT molecular complexity index is 68.8. The van der Waals surface area contributed by atoms with E-state index in [1.54, 1.807) is 0 Å². The average molecular weight is 60.9 g/mol. The SMILES string of the molecule is C#C[B]C#C. The van der Waals surface area contributed by atoms with Crippen LogP contribution >= 0.6 is 0 Å². The predicted molar refractivity (Wildman–Crippen MR) is 23.4 cm³/mol. The van der Waals surface area contributed by atoms with Gasteiger partial charge in [-0.1, -0.05) is 0 Å². The van der Waals surface area contributed by atoms with Gasteiger partial charge in [-0.15, -0.1) is 24.5 Å². The van der Waals surface area contributed by atoms with Crippen LogP contribution in [0.5, 0.6) is 0 Å². The van der Waals surface area contributed by atoms with Crippen molar-refractivity contribution in [1.29, 1.82) is 0 Å². The molecule has 0 spiro atoms. The molecule has 5 heavy (non-hydrogen) atoms. The standard InChI is InChI=1S/C4H2B/c1-3-5-4-2/h1-2H. The Kier molecular flexibility index (Phi) is 2.67. The van der Waals surface area contributed by atoms with Gasteiger partial charge in [0.05, 0.1) is 0 Å². The molecule has 0 saturated carbocycles. The molecule has 0 bridgehead atoms. The molecule has 0 aromatic carbocycles. The lowest BCUT2D eigenvalue weighted by molar-refractivity contribution is 2.87. The third-order valence-corrected chi connectivity index (χ3v) is 0.167. The molecule has 1 radical (unpaired) electrons. The minimum atomic E-state index is 1.31. The molecule has 0 fully saturated rings. The Labute approximate surface area is 32.8 Å². The maximum absolute atomic E-state index is 4.69. The fraction of sp³-hybridized carbons (Fsp3) is 0. The number of rotatable bonds is 0. The van der Waals surface area contributed by atoms with Crippen LogP contribution in [-0.4, -0.2) is 7.28 Å². The van der Waals surface area contributed by atoms with Crippen molar-refractivity contribution in [2.45, 2.75) is 0 Å². The van der Waals surface area contributed by atoms with E-state index < -0.39 is 0 Å². The summed E-state index contributed by atoms with van der Waals surface area (Å²) in [6.45, 7) is 0. The number of hydrogen-bond acceptors (Lipinski definition) is 0. The molecular formula is C4H2B. The molecule has 0 saturated heterocycles. The predicted octanol–water partition coefficient (Wildman–Crippen LogP) is -0.128. The lowest BCUT2D eigenvalue weighted by Gasteiger charge is -1.50. The van der Waals surface area contributed by atoms with Gasteiger partial charge in [0.25, 0.3) is 0 Å². The Hall–Kier alpha value is -0.815. The fourth-order valence-corrected chi connectivity index (χ4v) is 0.0481. The molecular weight excluding hydrogens is 58.9 g/mol. The Morgan fingerprint density at radius 3 is 1.60 bits per heavy atom. The molecule has 0 aromatic rings. The maximum Gasteiger partial charge on any atom is 0.313 e. The van der Waals surface area contributed by atoms with Gasteiger partial charge < -0.3 is 0 Å². The van der Waals surface area contributed by atoms with Gasteiger partial charge in [0.2, 0.25) is 0 Å². The van der Waals surface area contributed by atoms with Gasteiger partial charge in [0.15, 0.2) is 0 Å². The second-order valence-electron chi connectivity index (χ2n) is 0.478. The molecule has 21 valence electrons. The summed E-state index contributed by atoms with van der Waals surface area (Å²) in [5.41, 5.74) is 0. The Balaban J connectivity index is 2.86. The fourth-order valence-electron chi connectivity index (χ4n) is 0.0481. The molecule has 0 atom stereocenters. The number of terminal acetylenes is 2. The van der Waals surface area contributed by atoms with Crippen LogP contribution in [0.15, 0.2) is 0 Å². The Morgan fingerprint density at radius 1 is 1.20 bits per heavy atom. The zero-order chi connectivity index (χ0) is 4.12. The quantitative estimate of drug-likeness (QED) is 0.270. The summed E-state index contributed by atoms with van der Waals surface area (Å²) >= 11 is 0. The van der Waals surface area contributed by atoms with E-state index in [-0.39, 0.29) is 0 Å². The summed E-state index contributed by atoms with van der Waals surface area (Å²) < 4.78 is 0.